The summed E-state index contributed by atoms with van der Waals surface area (Å²) in [7, 11) is 0. The first kappa shape index (κ1) is 12.4. The Morgan fingerprint density at radius 2 is 2.41 bits per heavy atom. The molecule has 2 rings (SSSR count). The van der Waals surface area contributed by atoms with Crippen LogP contribution in [-0.4, -0.2) is 12.5 Å². The van der Waals surface area contributed by atoms with Crippen molar-refractivity contribution >= 4 is 28.0 Å². The molecule has 0 saturated heterocycles. The second kappa shape index (κ2) is 5.54. The Bertz CT molecular complexity index is 408. The van der Waals surface area contributed by atoms with Crippen LogP contribution in [0.2, 0.25) is 0 Å². The molecule has 0 spiro atoms. The maximum absolute atomic E-state index is 10.7. The molecule has 0 aromatic heterocycles. The predicted octanol–water partition coefficient (Wildman–Crippen LogP) is 3.22. The van der Waals surface area contributed by atoms with E-state index < -0.39 is 0 Å². The smallest absolute Gasteiger partial charge is 0.207 e. The third kappa shape index (κ3) is 2.80. The Morgan fingerprint density at radius 1 is 1.59 bits per heavy atom. The number of hydrogen-bond donors (Lipinski definition) is 2. The van der Waals surface area contributed by atoms with Crippen molar-refractivity contribution in [1.29, 1.82) is 0 Å². The molecule has 1 aromatic rings. The monoisotopic (exact) mass is 296 g/mol. The molecule has 1 aromatic carbocycles. The minimum atomic E-state index is 0.123. The van der Waals surface area contributed by atoms with Gasteiger partial charge in [0.15, 0.2) is 0 Å². The van der Waals surface area contributed by atoms with Crippen LogP contribution in [0, 0.1) is 0 Å². The first-order chi connectivity index (χ1) is 8.24. The molecular weight excluding hydrogens is 280 g/mol. The third-order valence-corrected chi connectivity index (χ3v) is 3.67. The molecule has 4 heteroatoms. The van der Waals surface area contributed by atoms with E-state index in [1.807, 2.05) is 6.07 Å². The molecule has 0 bridgehead atoms. The number of carbonyl (C=O) groups excluding carboxylic acids is 1. The summed E-state index contributed by atoms with van der Waals surface area (Å²) in [6.07, 6.45) is 4.03. The van der Waals surface area contributed by atoms with E-state index in [2.05, 4.69) is 45.6 Å². The van der Waals surface area contributed by atoms with Crippen molar-refractivity contribution in [1.82, 2.24) is 5.32 Å². The van der Waals surface area contributed by atoms with E-state index in [-0.39, 0.29) is 6.04 Å². The lowest BCUT2D eigenvalue weighted by molar-refractivity contribution is -0.110. The van der Waals surface area contributed by atoms with Crippen LogP contribution in [0.4, 0.5) is 5.69 Å². The fraction of sp³-hybridized carbons (Fsp3) is 0.462. The van der Waals surface area contributed by atoms with Gasteiger partial charge in [0.05, 0.1) is 6.04 Å². The van der Waals surface area contributed by atoms with Crippen LogP contribution in [0.1, 0.15) is 37.8 Å². The molecule has 2 atom stereocenters. The molecule has 0 unspecified atom stereocenters. The van der Waals surface area contributed by atoms with Gasteiger partial charge in [-0.15, -0.1) is 0 Å². The molecule has 1 heterocycles. The van der Waals surface area contributed by atoms with Gasteiger partial charge in [0.1, 0.15) is 0 Å². The highest BCUT2D eigenvalue weighted by Gasteiger charge is 2.25. The molecule has 0 aliphatic carbocycles. The number of anilines is 1. The zero-order valence-electron chi connectivity index (χ0n) is 9.87. The molecule has 0 radical (unpaired) electrons. The van der Waals surface area contributed by atoms with E-state index in [1.54, 1.807) is 0 Å². The van der Waals surface area contributed by atoms with Gasteiger partial charge in [0, 0.05) is 16.2 Å². The zero-order valence-corrected chi connectivity index (χ0v) is 11.5. The summed E-state index contributed by atoms with van der Waals surface area (Å²) in [5, 5.41) is 6.45. The Balaban J connectivity index is 2.27. The summed E-state index contributed by atoms with van der Waals surface area (Å²) < 4.78 is 1.05. The molecule has 1 amide bonds. The van der Waals surface area contributed by atoms with Crippen molar-refractivity contribution in [2.45, 2.75) is 38.3 Å². The molecule has 3 nitrogen and oxygen atoms in total. The van der Waals surface area contributed by atoms with Gasteiger partial charge in [-0.05, 0) is 36.6 Å². The van der Waals surface area contributed by atoms with Crippen molar-refractivity contribution < 1.29 is 4.79 Å². The fourth-order valence-corrected chi connectivity index (χ4v) is 2.80. The van der Waals surface area contributed by atoms with Crippen LogP contribution in [0.15, 0.2) is 22.7 Å². The first-order valence-electron chi connectivity index (χ1n) is 6.00. The number of nitrogens with one attached hydrogen (secondary N) is 2. The average Bonchev–Trinajstić information content (AvgIpc) is 2.31. The number of halogens is 1. The highest BCUT2D eigenvalue weighted by atomic mass is 79.9. The molecule has 17 heavy (non-hydrogen) atoms. The zero-order chi connectivity index (χ0) is 12.3. The van der Waals surface area contributed by atoms with Crippen LogP contribution < -0.4 is 10.6 Å². The fourth-order valence-electron chi connectivity index (χ4n) is 2.42. The lowest BCUT2D eigenvalue weighted by Gasteiger charge is -2.33. The van der Waals surface area contributed by atoms with Gasteiger partial charge in [-0.2, -0.15) is 0 Å². The van der Waals surface area contributed by atoms with Gasteiger partial charge >= 0.3 is 0 Å². The number of rotatable bonds is 4. The average molecular weight is 297 g/mol. The van der Waals surface area contributed by atoms with Gasteiger partial charge in [0.25, 0.3) is 0 Å². The highest BCUT2D eigenvalue weighted by molar-refractivity contribution is 9.10. The molecule has 2 N–H and O–H groups in total. The van der Waals surface area contributed by atoms with Gasteiger partial charge in [-0.25, -0.2) is 0 Å². The van der Waals surface area contributed by atoms with Crippen molar-refractivity contribution in [2.75, 3.05) is 5.32 Å². The summed E-state index contributed by atoms with van der Waals surface area (Å²) in [5.41, 5.74) is 2.30. The largest absolute Gasteiger partial charge is 0.382 e. The van der Waals surface area contributed by atoms with E-state index in [1.165, 1.54) is 5.56 Å². The quantitative estimate of drug-likeness (QED) is 0.838. The highest BCUT2D eigenvalue weighted by Crippen LogP contribution is 2.35. The van der Waals surface area contributed by atoms with Crippen molar-refractivity contribution in [3.8, 4) is 0 Å². The van der Waals surface area contributed by atoms with E-state index >= 15 is 0 Å². The topological polar surface area (TPSA) is 41.1 Å². The van der Waals surface area contributed by atoms with Gasteiger partial charge in [-0.3, -0.25) is 4.79 Å². The summed E-state index contributed by atoms with van der Waals surface area (Å²) in [6.45, 7) is 2.18. The second-order valence-electron chi connectivity index (χ2n) is 4.43. The van der Waals surface area contributed by atoms with E-state index in [9.17, 15) is 4.79 Å². The molecule has 0 saturated carbocycles. The van der Waals surface area contributed by atoms with Crippen LogP contribution in [-0.2, 0) is 4.79 Å². The first-order valence-corrected chi connectivity index (χ1v) is 6.79. The van der Waals surface area contributed by atoms with E-state index in [0.29, 0.717) is 6.04 Å². The molecule has 0 fully saturated rings. The normalized spacial score (nSPS) is 22.5. The number of fused-ring (bicyclic) bond motifs is 1. The third-order valence-electron chi connectivity index (χ3n) is 3.18. The van der Waals surface area contributed by atoms with Gasteiger partial charge in [0.2, 0.25) is 6.41 Å². The van der Waals surface area contributed by atoms with Crippen molar-refractivity contribution in [3.05, 3.63) is 28.2 Å². The summed E-state index contributed by atoms with van der Waals surface area (Å²) in [4.78, 5) is 10.7. The summed E-state index contributed by atoms with van der Waals surface area (Å²) in [5.74, 6) is 0. The van der Waals surface area contributed by atoms with E-state index in [4.69, 9.17) is 0 Å². The second-order valence-corrected chi connectivity index (χ2v) is 5.35. The SMILES string of the molecule is CCC[C@@H]1C[C@H](NC=O)c2cc(Br)ccc2N1. The molecule has 1 aliphatic rings. The summed E-state index contributed by atoms with van der Waals surface area (Å²) >= 11 is 3.47. The maximum atomic E-state index is 10.7. The lowest BCUT2D eigenvalue weighted by atomic mass is 9.91. The molecule has 1 aliphatic heterocycles. The van der Waals surface area contributed by atoms with Crippen molar-refractivity contribution in [2.24, 2.45) is 0 Å². The number of amides is 1. The van der Waals surface area contributed by atoms with Crippen LogP contribution >= 0.6 is 15.9 Å². The summed E-state index contributed by atoms with van der Waals surface area (Å²) in [6, 6.07) is 6.74. The maximum Gasteiger partial charge on any atom is 0.207 e. The molecule has 92 valence electrons. The van der Waals surface area contributed by atoms with E-state index in [0.717, 1.165) is 35.8 Å². The van der Waals surface area contributed by atoms with Crippen LogP contribution in [0.25, 0.3) is 0 Å². The standard InChI is InChI=1S/C13H17BrN2O/c1-2-3-10-7-13(15-8-17)11-6-9(14)4-5-12(11)16-10/h4-6,8,10,13,16H,2-3,7H2,1H3,(H,15,17)/t10-,13+/m1/s1. The van der Waals surface area contributed by atoms with Crippen LogP contribution in [0.3, 0.4) is 0 Å². The Kier molecular flexibility index (Phi) is 4.05. The number of hydrogen-bond acceptors (Lipinski definition) is 2. The Labute approximate surface area is 110 Å². The number of benzene rings is 1. The van der Waals surface area contributed by atoms with Gasteiger partial charge in [-0.1, -0.05) is 29.3 Å². The minimum absolute atomic E-state index is 0.123. The lowest BCUT2D eigenvalue weighted by Crippen LogP contribution is -2.34. The Hall–Kier alpha value is -1.03. The minimum Gasteiger partial charge on any atom is -0.382 e. The van der Waals surface area contributed by atoms with Crippen molar-refractivity contribution in [3.63, 3.8) is 0 Å². The Morgan fingerprint density at radius 3 is 3.12 bits per heavy atom. The van der Waals surface area contributed by atoms with Crippen LogP contribution in [0.5, 0.6) is 0 Å². The number of carbonyl (C=O) groups is 1. The predicted molar refractivity (Wildman–Crippen MR) is 73.0 cm³/mol. The van der Waals surface area contributed by atoms with Gasteiger partial charge < -0.3 is 10.6 Å². The molecular formula is C13H17BrN2O.